The van der Waals surface area contributed by atoms with Gasteiger partial charge in [-0.1, -0.05) is 71.5 Å². The number of ketones is 1. The van der Waals surface area contributed by atoms with Crippen molar-refractivity contribution in [3.63, 3.8) is 0 Å². The molecule has 0 bridgehead atoms. The minimum atomic E-state index is -0.892. The number of methoxy groups -OCH3 is 1. The molecule has 8 heteroatoms. The van der Waals surface area contributed by atoms with Crippen molar-refractivity contribution in [2.75, 3.05) is 12.0 Å². The van der Waals surface area contributed by atoms with E-state index in [1.165, 1.54) is 22.3 Å². The Morgan fingerprint density at radius 1 is 1.11 bits per heavy atom. The number of anilines is 1. The summed E-state index contributed by atoms with van der Waals surface area (Å²) in [4.78, 5) is 32.6. The Labute approximate surface area is 210 Å². The van der Waals surface area contributed by atoms with E-state index in [2.05, 4.69) is 4.98 Å². The molecule has 0 spiro atoms. The Morgan fingerprint density at radius 2 is 1.91 bits per heavy atom. The third-order valence-electron chi connectivity index (χ3n) is 5.66. The summed E-state index contributed by atoms with van der Waals surface area (Å²) in [5, 5.41) is 11.7. The number of hydrogen-bond acceptors (Lipinski definition) is 6. The van der Waals surface area contributed by atoms with Crippen molar-refractivity contribution < 1.29 is 19.4 Å². The summed E-state index contributed by atoms with van der Waals surface area (Å²) in [5.41, 5.74) is 2.05. The highest BCUT2D eigenvalue weighted by molar-refractivity contribution is 7.22. The second kappa shape index (κ2) is 9.37. The van der Waals surface area contributed by atoms with Crippen molar-refractivity contribution in [3.05, 3.63) is 106 Å². The third kappa shape index (κ3) is 4.32. The van der Waals surface area contributed by atoms with Crippen LogP contribution in [0.15, 0.2) is 90.2 Å². The molecule has 174 valence electrons. The number of rotatable bonds is 6. The number of aliphatic hydroxyl groups is 1. The number of halogens is 1. The number of aliphatic hydroxyl groups excluding tert-OH is 1. The number of amides is 1. The summed E-state index contributed by atoms with van der Waals surface area (Å²) in [6.07, 6.45) is 3.01. The van der Waals surface area contributed by atoms with Crippen LogP contribution >= 0.6 is 22.9 Å². The van der Waals surface area contributed by atoms with Gasteiger partial charge in [-0.25, -0.2) is 4.98 Å². The van der Waals surface area contributed by atoms with Crippen LogP contribution in [0.3, 0.4) is 0 Å². The summed E-state index contributed by atoms with van der Waals surface area (Å²) in [7, 11) is 1.57. The maximum absolute atomic E-state index is 13.3. The normalized spacial score (nSPS) is 16.0. The Morgan fingerprint density at radius 3 is 2.66 bits per heavy atom. The number of nitrogens with zero attached hydrogens (tertiary/aromatic N) is 2. The SMILES string of the molecule is COc1ccc2nc(N3C(=O)C(O)=C(C(=O)/C=C/c4ccccc4)C3c3cccc(Cl)c3)sc2c1. The number of carbonyl (C=O) groups is 2. The zero-order chi connectivity index (χ0) is 24.5. The van der Waals surface area contributed by atoms with Crippen molar-refractivity contribution in [2.45, 2.75) is 6.04 Å². The van der Waals surface area contributed by atoms with Crippen LogP contribution in [0.2, 0.25) is 5.02 Å². The van der Waals surface area contributed by atoms with E-state index >= 15 is 0 Å². The van der Waals surface area contributed by atoms with Crippen LogP contribution < -0.4 is 9.64 Å². The molecule has 1 aliphatic heterocycles. The number of thiazole rings is 1. The van der Waals surface area contributed by atoms with Gasteiger partial charge in [0, 0.05) is 5.02 Å². The lowest BCUT2D eigenvalue weighted by Gasteiger charge is -2.24. The van der Waals surface area contributed by atoms with Crippen molar-refractivity contribution in [2.24, 2.45) is 0 Å². The fraction of sp³-hybridized carbons (Fsp3) is 0.0741. The molecule has 1 N–H and O–H groups in total. The average molecular weight is 503 g/mol. The Balaban J connectivity index is 1.61. The highest BCUT2D eigenvalue weighted by Crippen LogP contribution is 2.44. The largest absolute Gasteiger partial charge is 0.503 e. The molecule has 1 aromatic heterocycles. The predicted octanol–water partition coefficient (Wildman–Crippen LogP) is 6.14. The number of ether oxygens (including phenoxy) is 1. The first-order valence-corrected chi connectivity index (χ1v) is 11.9. The average Bonchev–Trinajstić information content (AvgIpc) is 3.40. The van der Waals surface area contributed by atoms with Gasteiger partial charge in [-0.05, 0) is 47.5 Å². The van der Waals surface area contributed by atoms with Crippen molar-refractivity contribution in [1.29, 1.82) is 0 Å². The van der Waals surface area contributed by atoms with Crippen molar-refractivity contribution in [1.82, 2.24) is 4.98 Å². The second-order valence-corrected chi connectivity index (χ2v) is 9.28. The molecule has 1 aliphatic rings. The summed E-state index contributed by atoms with van der Waals surface area (Å²) >= 11 is 7.52. The van der Waals surface area contributed by atoms with Crippen LogP contribution in [0.1, 0.15) is 17.2 Å². The van der Waals surface area contributed by atoms with Crippen LogP contribution in [0.25, 0.3) is 16.3 Å². The lowest BCUT2D eigenvalue weighted by molar-refractivity contribution is -0.117. The topological polar surface area (TPSA) is 79.7 Å². The fourth-order valence-electron chi connectivity index (χ4n) is 3.99. The third-order valence-corrected chi connectivity index (χ3v) is 6.91. The first-order chi connectivity index (χ1) is 17.0. The van der Waals surface area contributed by atoms with Crippen LogP contribution in [0.5, 0.6) is 5.75 Å². The smallest absolute Gasteiger partial charge is 0.296 e. The van der Waals surface area contributed by atoms with E-state index in [0.717, 1.165) is 10.3 Å². The van der Waals surface area contributed by atoms with Crippen molar-refractivity contribution in [3.8, 4) is 5.75 Å². The number of carbonyl (C=O) groups excluding carboxylic acids is 2. The molecule has 35 heavy (non-hydrogen) atoms. The number of benzene rings is 3. The Kier molecular flexibility index (Phi) is 6.11. The molecule has 1 unspecified atom stereocenters. The van der Waals surface area contributed by atoms with E-state index in [1.807, 2.05) is 36.4 Å². The van der Waals surface area contributed by atoms with E-state index in [1.54, 1.807) is 49.6 Å². The monoisotopic (exact) mass is 502 g/mol. The lowest BCUT2D eigenvalue weighted by Crippen LogP contribution is -2.30. The number of hydrogen-bond donors (Lipinski definition) is 1. The van der Waals surface area contributed by atoms with E-state index in [4.69, 9.17) is 16.3 Å². The highest BCUT2D eigenvalue weighted by atomic mass is 35.5. The van der Waals surface area contributed by atoms with Gasteiger partial charge < -0.3 is 9.84 Å². The minimum absolute atomic E-state index is 0.0266. The molecule has 0 saturated heterocycles. The zero-order valence-electron chi connectivity index (χ0n) is 18.5. The standard InChI is InChI=1S/C27H19ClN2O4S/c1-34-19-11-12-20-22(15-19)35-27(29-20)30-24(17-8-5-9-18(28)14-17)23(25(32)26(30)33)21(31)13-10-16-6-3-2-4-7-16/h2-15,24,32H,1H3/b13-10+. The molecule has 1 atom stereocenters. The van der Waals surface area contributed by atoms with Crippen LogP contribution in [-0.4, -0.2) is 28.9 Å². The van der Waals surface area contributed by atoms with Gasteiger partial charge in [0.25, 0.3) is 5.91 Å². The zero-order valence-corrected chi connectivity index (χ0v) is 20.1. The maximum atomic E-state index is 13.3. The van der Waals surface area contributed by atoms with Gasteiger partial charge in [-0.15, -0.1) is 0 Å². The van der Waals surface area contributed by atoms with Gasteiger partial charge >= 0.3 is 0 Å². The first kappa shape index (κ1) is 22.8. The summed E-state index contributed by atoms with van der Waals surface area (Å²) in [6.45, 7) is 0. The van der Waals surface area contributed by atoms with Gasteiger partial charge in [-0.2, -0.15) is 0 Å². The molecule has 6 nitrogen and oxygen atoms in total. The number of allylic oxidation sites excluding steroid dienone is 1. The summed E-state index contributed by atoms with van der Waals surface area (Å²) in [6, 6.07) is 20.7. The molecule has 0 aliphatic carbocycles. The van der Waals surface area contributed by atoms with Crippen LogP contribution in [0, 0.1) is 0 Å². The Bertz CT molecular complexity index is 1510. The summed E-state index contributed by atoms with van der Waals surface area (Å²) < 4.78 is 6.10. The molecular formula is C27H19ClN2O4S. The van der Waals surface area contributed by atoms with E-state index in [0.29, 0.717) is 27.0 Å². The minimum Gasteiger partial charge on any atom is -0.503 e. The first-order valence-electron chi connectivity index (χ1n) is 10.7. The fourth-order valence-corrected chi connectivity index (χ4v) is 5.21. The molecule has 4 aromatic rings. The van der Waals surface area contributed by atoms with E-state index in [-0.39, 0.29) is 5.57 Å². The molecule has 3 aromatic carbocycles. The molecule has 0 fully saturated rings. The number of fused-ring (bicyclic) bond motifs is 1. The summed E-state index contributed by atoms with van der Waals surface area (Å²) in [5.74, 6) is -1.11. The second-order valence-electron chi connectivity index (χ2n) is 7.83. The van der Waals surface area contributed by atoms with Gasteiger partial charge in [-0.3, -0.25) is 14.5 Å². The quantitative estimate of drug-likeness (QED) is 0.320. The van der Waals surface area contributed by atoms with Crippen LogP contribution in [-0.2, 0) is 9.59 Å². The molecular weight excluding hydrogens is 484 g/mol. The molecule has 0 saturated carbocycles. The lowest BCUT2D eigenvalue weighted by atomic mass is 9.96. The van der Waals surface area contributed by atoms with Crippen LogP contribution in [0.4, 0.5) is 5.13 Å². The maximum Gasteiger partial charge on any atom is 0.296 e. The Hall–Kier alpha value is -3.94. The molecule has 1 amide bonds. The van der Waals surface area contributed by atoms with Crippen molar-refractivity contribution >= 4 is 56.1 Å². The molecule has 2 heterocycles. The van der Waals surface area contributed by atoms with E-state index in [9.17, 15) is 14.7 Å². The van der Waals surface area contributed by atoms with Gasteiger partial charge in [0.15, 0.2) is 16.7 Å². The van der Waals surface area contributed by atoms with E-state index < -0.39 is 23.5 Å². The number of aromatic nitrogens is 1. The van der Waals surface area contributed by atoms with Gasteiger partial charge in [0.2, 0.25) is 0 Å². The highest BCUT2D eigenvalue weighted by Gasteiger charge is 2.45. The van der Waals surface area contributed by atoms with Gasteiger partial charge in [0.05, 0.1) is 28.9 Å². The molecule has 5 rings (SSSR count). The predicted molar refractivity (Wildman–Crippen MR) is 138 cm³/mol. The van der Waals surface area contributed by atoms with Gasteiger partial charge in [0.1, 0.15) is 5.75 Å². The molecule has 0 radical (unpaired) electrons.